The first-order valence-electron chi connectivity index (χ1n) is 10.9. The first-order chi connectivity index (χ1) is 14.2. The van der Waals surface area contributed by atoms with Gasteiger partial charge in [-0.1, -0.05) is 31.4 Å². The third-order valence-electron chi connectivity index (χ3n) is 6.26. The maximum atomic E-state index is 12.6. The monoisotopic (exact) mass is 396 g/mol. The Morgan fingerprint density at radius 2 is 2.07 bits per heavy atom. The molecule has 1 saturated heterocycles. The lowest BCUT2D eigenvalue weighted by Crippen LogP contribution is -2.36. The maximum Gasteiger partial charge on any atom is 0.271 e. The number of piperidine rings is 1. The van der Waals surface area contributed by atoms with Gasteiger partial charge in [0.15, 0.2) is 0 Å². The molecule has 156 valence electrons. The highest BCUT2D eigenvalue weighted by atomic mass is 16.5. The van der Waals surface area contributed by atoms with Gasteiger partial charge in [-0.05, 0) is 56.0 Å². The number of nitrogens with zero attached hydrogens (tertiary/aromatic N) is 2. The number of likely N-dealkylation sites (tertiary alicyclic amines) is 1. The lowest BCUT2D eigenvalue weighted by atomic mass is 9.94. The summed E-state index contributed by atoms with van der Waals surface area (Å²) in [6.07, 6.45) is 8.16. The highest BCUT2D eigenvalue weighted by molar-refractivity contribution is 5.92. The van der Waals surface area contributed by atoms with E-state index in [1.807, 2.05) is 18.2 Å². The van der Waals surface area contributed by atoms with E-state index >= 15 is 0 Å². The van der Waals surface area contributed by atoms with E-state index in [9.17, 15) is 4.79 Å². The number of nitrogens with one attached hydrogen (secondary N) is 2. The normalized spacial score (nSPS) is 21.1. The van der Waals surface area contributed by atoms with E-state index in [0.29, 0.717) is 17.7 Å². The van der Waals surface area contributed by atoms with Gasteiger partial charge in [0.2, 0.25) is 0 Å². The molecule has 0 spiro atoms. The van der Waals surface area contributed by atoms with Crippen LogP contribution in [0.2, 0.25) is 0 Å². The number of benzene rings is 1. The highest BCUT2D eigenvalue weighted by Gasteiger charge is 2.25. The number of carbonyl (C=O) groups is 1. The van der Waals surface area contributed by atoms with Crippen LogP contribution in [-0.4, -0.2) is 47.2 Å². The topological polar surface area (TPSA) is 70.2 Å². The quantitative estimate of drug-likeness (QED) is 0.778. The molecule has 1 aliphatic carbocycles. The number of amides is 1. The van der Waals surface area contributed by atoms with Gasteiger partial charge in [0.25, 0.3) is 5.91 Å². The Morgan fingerprint density at radius 1 is 1.21 bits per heavy atom. The van der Waals surface area contributed by atoms with Crippen molar-refractivity contribution >= 4 is 5.91 Å². The fraction of sp³-hybridized carbons (Fsp3) is 0.565. The number of ether oxygens (including phenoxy) is 1. The standard InChI is InChI=1S/C23H32N4O2/c1-29-20-11-5-7-17(13-20)15-27-12-6-8-18(16-27)21-14-22(26-25-21)23(28)24-19-9-3-2-4-10-19/h5,7,11,13-14,18-19H,2-4,6,8-10,12,15-16H2,1H3,(H,24,28)(H,25,26)/t18-/m1/s1. The first-order valence-corrected chi connectivity index (χ1v) is 10.9. The summed E-state index contributed by atoms with van der Waals surface area (Å²) in [5, 5.41) is 10.6. The van der Waals surface area contributed by atoms with Gasteiger partial charge in [0, 0.05) is 30.7 Å². The molecule has 0 radical (unpaired) electrons. The Hall–Kier alpha value is -2.34. The van der Waals surface area contributed by atoms with E-state index in [1.165, 1.54) is 24.8 Å². The number of aromatic amines is 1. The van der Waals surface area contributed by atoms with Crippen molar-refractivity contribution < 1.29 is 9.53 Å². The second-order valence-corrected chi connectivity index (χ2v) is 8.44. The number of rotatable bonds is 6. The van der Waals surface area contributed by atoms with E-state index in [1.54, 1.807) is 7.11 Å². The van der Waals surface area contributed by atoms with E-state index in [2.05, 4.69) is 32.5 Å². The Labute approximate surface area is 173 Å². The summed E-state index contributed by atoms with van der Waals surface area (Å²) in [4.78, 5) is 15.0. The zero-order valence-corrected chi connectivity index (χ0v) is 17.3. The molecular weight excluding hydrogens is 364 g/mol. The van der Waals surface area contributed by atoms with Gasteiger partial charge in [-0.2, -0.15) is 5.10 Å². The Bertz CT molecular complexity index is 813. The van der Waals surface area contributed by atoms with Crippen molar-refractivity contribution in [2.24, 2.45) is 0 Å². The Kier molecular flexibility index (Phi) is 6.49. The number of methoxy groups -OCH3 is 1. The lowest BCUT2D eigenvalue weighted by Gasteiger charge is -2.32. The molecule has 2 heterocycles. The fourth-order valence-corrected chi connectivity index (χ4v) is 4.65. The van der Waals surface area contributed by atoms with Crippen molar-refractivity contribution in [2.45, 2.75) is 63.5 Å². The summed E-state index contributed by atoms with van der Waals surface area (Å²) in [5.41, 5.74) is 2.87. The van der Waals surface area contributed by atoms with E-state index in [4.69, 9.17) is 4.74 Å². The van der Waals surface area contributed by atoms with Crippen molar-refractivity contribution in [3.63, 3.8) is 0 Å². The minimum absolute atomic E-state index is 0.0385. The van der Waals surface area contributed by atoms with Gasteiger partial charge in [0.1, 0.15) is 11.4 Å². The summed E-state index contributed by atoms with van der Waals surface area (Å²) in [7, 11) is 1.70. The molecule has 6 heteroatoms. The largest absolute Gasteiger partial charge is 0.497 e. The van der Waals surface area contributed by atoms with Crippen LogP contribution in [0.1, 0.15) is 72.6 Å². The molecule has 1 aromatic carbocycles. The predicted molar refractivity (Wildman–Crippen MR) is 113 cm³/mol. The third kappa shape index (κ3) is 5.18. The van der Waals surface area contributed by atoms with Gasteiger partial charge in [0.05, 0.1) is 7.11 Å². The van der Waals surface area contributed by atoms with Crippen molar-refractivity contribution in [2.75, 3.05) is 20.2 Å². The average molecular weight is 397 g/mol. The number of hydrogen-bond donors (Lipinski definition) is 2. The highest BCUT2D eigenvalue weighted by Crippen LogP contribution is 2.27. The van der Waals surface area contributed by atoms with Crippen LogP contribution in [0.5, 0.6) is 5.75 Å². The second kappa shape index (κ2) is 9.44. The molecule has 2 aliphatic rings. The molecule has 6 nitrogen and oxygen atoms in total. The van der Waals surface area contributed by atoms with Crippen molar-refractivity contribution in [1.29, 1.82) is 0 Å². The molecule has 29 heavy (non-hydrogen) atoms. The summed E-state index contributed by atoms with van der Waals surface area (Å²) in [6, 6.07) is 10.5. The zero-order chi connectivity index (χ0) is 20.1. The molecular formula is C23H32N4O2. The van der Waals surface area contributed by atoms with Gasteiger partial charge >= 0.3 is 0 Å². The van der Waals surface area contributed by atoms with Crippen LogP contribution in [0.15, 0.2) is 30.3 Å². The molecule has 2 N–H and O–H groups in total. The van der Waals surface area contributed by atoms with Crippen LogP contribution in [0.3, 0.4) is 0 Å². The first kappa shape index (κ1) is 20.0. The molecule has 1 atom stereocenters. The van der Waals surface area contributed by atoms with Gasteiger partial charge < -0.3 is 10.1 Å². The van der Waals surface area contributed by atoms with Crippen LogP contribution in [0.25, 0.3) is 0 Å². The minimum atomic E-state index is -0.0385. The van der Waals surface area contributed by atoms with Crippen LogP contribution >= 0.6 is 0 Å². The SMILES string of the molecule is COc1cccc(CN2CCC[C@@H](c3cc(C(=O)NC4CCCCC4)n[nH]3)C2)c1. The molecule has 4 rings (SSSR count). The maximum absolute atomic E-state index is 12.6. The average Bonchev–Trinajstić information content (AvgIpc) is 3.25. The van der Waals surface area contributed by atoms with Crippen molar-refractivity contribution in [1.82, 2.24) is 20.4 Å². The van der Waals surface area contributed by atoms with E-state index < -0.39 is 0 Å². The van der Waals surface area contributed by atoms with Crippen molar-refractivity contribution in [3.8, 4) is 5.75 Å². The number of aromatic nitrogens is 2. The molecule has 2 aromatic rings. The van der Waals surface area contributed by atoms with Crippen LogP contribution in [0, 0.1) is 0 Å². The van der Waals surface area contributed by atoms with Crippen LogP contribution in [-0.2, 0) is 6.54 Å². The van der Waals surface area contributed by atoms with Crippen LogP contribution < -0.4 is 10.1 Å². The zero-order valence-electron chi connectivity index (χ0n) is 17.3. The molecule has 0 bridgehead atoms. The number of hydrogen-bond acceptors (Lipinski definition) is 4. The second-order valence-electron chi connectivity index (χ2n) is 8.44. The molecule has 1 aromatic heterocycles. The van der Waals surface area contributed by atoms with Gasteiger partial charge in [-0.3, -0.25) is 14.8 Å². The minimum Gasteiger partial charge on any atom is -0.497 e. The number of H-pyrrole nitrogens is 1. The van der Waals surface area contributed by atoms with Crippen molar-refractivity contribution in [3.05, 3.63) is 47.3 Å². The van der Waals surface area contributed by atoms with E-state index in [-0.39, 0.29) is 5.91 Å². The summed E-state index contributed by atoms with van der Waals surface area (Å²) in [6.45, 7) is 2.98. The molecule has 0 unspecified atom stereocenters. The van der Waals surface area contributed by atoms with Gasteiger partial charge in [-0.15, -0.1) is 0 Å². The Morgan fingerprint density at radius 3 is 2.90 bits per heavy atom. The predicted octanol–water partition coefficient (Wildman–Crippen LogP) is 3.86. The lowest BCUT2D eigenvalue weighted by molar-refractivity contribution is 0.0922. The Balaban J connectivity index is 1.35. The summed E-state index contributed by atoms with van der Waals surface area (Å²) >= 11 is 0. The molecule has 2 fully saturated rings. The smallest absolute Gasteiger partial charge is 0.271 e. The summed E-state index contributed by atoms with van der Waals surface area (Å²) in [5.74, 6) is 1.25. The molecule has 1 amide bonds. The molecule has 1 aliphatic heterocycles. The molecule has 1 saturated carbocycles. The van der Waals surface area contributed by atoms with E-state index in [0.717, 1.165) is 56.8 Å². The number of carbonyl (C=O) groups excluding carboxylic acids is 1. The third-order valence-corrected chi connectivity index (χ3v) is 6.26. The van der Waals surface area contributed by atoms with Gasteiger partial charge in [-0.25, -0.2) is 0 Å². The summed E-state index contributed by atoms with van der Waals surface area (Å²) < 4.78 is 5.34. The van der Waals surface area contributed by atoms with Crippen LogP contribution in [0.4, 0.5) is 0 Å². The fourth-order valence-electron chi connectivity index (χ4n) is 4.65.